The summed E-state index contributed by atoms with van der Waals surface area (Å²) in [4.78, 5) is 29.5. The second-order valence-corrected chi connectivity index (χ2v) is 8.28. The fraction of sp³-hybridized carbons (Fsp3) is 0.391. The maximum atomic E-state index is 13.6. The molecule has 3 aliphatic rings. The van der Waals surface area contributed by atoms with E-state index in [9.17, 15) is 9.59 Å². The van der Waals surface area contributed by atoms with Crippen LogP contribution < -0.4 is 15.5 Å². The van der Waals surface area contributed by atoms with E-state index in [-0.39, 0.29) is 30.4 Å². The Labute approximate surface area is 183 Å². The van der Waals surface area contributed by atoms with Crippen LogP contribution in [0, 0.1) is 18.8 Å². The van der Waals surface area contributed by atoms with Gasteiger partial charge in [-0.3, -0.25) is 9.69 Å². The minimum absolute atomic E-state index is 0. The highest BCUT2D eigenvalue weighted by Gasteiger charge is 2.46. The molecule has 0 radical (unpaired) electrons. The molecule has 0 spiro atoms. The summed E-state index contributed by atoms with van der Waals surface area (Å²) in [5.41, 5.74) is 3.67. The van der Waals surface area contributed by atoms with Crippen molar-refractivity contribution >= 4 is 30.0 Å². The van der Waals surface area contributed by atoms with Gasteiger partial charge in [-0.05, 0) is 36.1 Å². The minimum Gasteiger partial charge on any atom is -0.336 e. The van der Waals surface area contributed by atoms with Crippen LogP contribution in [-0.2, 0) is 0 Å². The molecule has 2 aromatic rings. The van der Waals surface area contributed by atoms with Crippen LogP contribution in [0.3, 0.4) is 0 Å². The number of anilines is 1. The van der Waals surface area contributed by atoms with Crippen LogP contribution in [0.5, 0.6) is 0 Å². The molecule has 3 fully saturated rings. The number of rotatable bonds is 3. The van der Waals surface area contributed by atoms with Gasteiger partial charge in [0.05, 0.1) is 6.04 Å². The third-order valence-electron chi connectivity index (χ3n) is 6.57. The van der Waals surface area contributed by atoms with E-state index in [2.05, 4.69) is 22.8 Å². The fourth-order valence-corrected chi connectivity index (χ4v) is 5.11. The van der Waals surface area contributed by atoms with Gasteiger partial charge in [0.2, 0.25) is 0 Å². The number of carbonyl (C=O) groups excluding carboxylic acids is 2. The lowest BCUT2D eigenvalue weighted by Crippen LogP contribution is -2.35. The van der Waals surface area contributed by atoms with E-state index in [4.69, 9.17) is 0 Å². The van der Waals surface area contributed by atoms with Crippen molar-refractivity contribution in [2.75, 3.05) is 37.6 Å². The SMILES string of the molecule is Cc1ccc(C(=O)N2C[C@@H]3CNC[C@@H]3[C@@H]2c2ccccc2)cc1N1CCNC1=O.Cl. The summed E-state index contributed by atoms with van der Waals surface area (Å²) in [5.74, 6) is 0.975. The molecule has 0 saturated carbocycles. The first-order chi connectivity index (χ1) is 14.1. The number of likely N-dealkylation sites (tertiary alicyclic amines) is 1. The molecule has 30 heavy (non-hydrogen) atoms. The van der Waals surface area contributed by atoms with Gasteiger partial charge >= 0.3 is 6.03 Å². The number of hydrogen-bond acceptors (Lipinski definition) is 3. The van der Waals surface area contributed by atoms with Gasteiger partial charge in [-0.25, -0.2) is 4.79 Å². The Morgan fingerprint density at radius 1 is 1.10 bits per heavy atom. The van der Waals surface area contributed by atoms with Gasteiger partial charge in [0.25, 0.3) is 5.91 Å². The second kappa shape index (κ2) is 8.28. The van der Waals surface area contributed by atoms with Gasteiger partial charge in [-0.1, -0.05) is 36.4 Å². The number of benzene rings is 2. The summed E-state index contributed by atoms with van der Waals surface area (Å²) < 4.78 is 0. The molecule has 5 rings (SSSR count). The predicted octanol–water partition coefficient (Wildman–Crippen LogP) is 2.98. The molecule has 3 amide bonds. The molecule has 0 bridgehead atoms. The average molecular weight is 427 g/mol. The van der Waals surface area contributed by atoms with Crippen molar-refractivity contribution in [2.45, 2.75) is 13.0 Å². The Hall–Kier alpha value is -2.57. The van der Waals surface area contributed by atoms with Crippen molar-refractivity contribution in [3.05, 3.63) is 65.2 Å². The average Bonchev–Trinajstić information content (AvgIpc) is 3.44. The van der Waals surface area contributed by atoms with Crippen LogP contribution in [0.15, 0.2) is 48.5 Å². The molecule has 158 valence electrons. The summed E-state index contributed by atoms with van der Waals surface area (Å²) in [6.07, 6.45) is 0. The summed E-state index contributed by atoms with van der Waals surface area (Å²) in [7, 11) is 0. The maximum Gasteiger partial charge on any atom is 0.322 e. The van der Waals surface area contributed by atoms with Crippen molar-refractivity contribution in [3.8, 4) is 0 Å². The van der Waals surface area contributed by atoms with Gasteiger partial charge < -0.3 is 15.5 Å². The number of hydrogen-bond donors (Lipinski definition) is 2. The molecular weight excluding hydrogens is 400 g/mol. The van der Waals surface area contributed by atoms with Crippen molar-refractivity contribution in [1.82, 2.24) is 15.5 Å². The molecule has 0 unspecified atom stereocenters. The van der Waals surface area contributed by atoms with E-state index >= 15 is 0 Å². The van der Waals surface area contributed by atoms with Crippen LogP contribution in [0.2, 0.25) is 0 Å². The molecule has 0 aromatic heterocycles. The van der Waals surface area contributed by atoms with Crippen LogP contribution >= 0.6 is 12.4 Å². The third-order valence-corrected chi connectivity index (χ3v) is 6.57. The van der Waals surface area contributed by atoms with Crippen molar-refractivity contribution in [3.63, 3.8) is 0 Å². The van der Waals surface area contributed by atoms with Crippen molar-refractivity contribution in [1.29, 1.82) is 0 Å². The standard InChI is InChI=1S/C23H26N4O2.ClH/c1-15-7-8-17(11-20(15)26-10-9-25-23(26)29)22(28)27-14-18-12-24-13-19(18)21(27)16-5-3-2-4-6-16;/h2-8,11,18-19,21,24H,9-10,12-14H2,1H3,(H,25,29);1H/t18-,19-,21-;/m0./s1. The molecule has 2 aromatic carbocycles. The zero-order chi connectivity index (χ0) is 20.0. The lowest BCUT2D eigenvalue weighted by molar-refractivity contribution is 0.0714. The Morgan fingerprint density at radius 3 is 2.63 bits per heavy atom. The highest BCUT2D eigenvalue weighted by Crippen LogP contribution is 2.43. The number of carbonyl (C=O) groups is 2. The smallest absolute Gasteiger partial charge is 0.322 e. The third kappa shape index (κ3) is 3.44. The van der Waals surface area contributed by atoms with Crippen LogP contribution in [0.1, 0.15) is 27.5 Å². The zero-order valence-corrected chi connectivity index (χ0v) is 17.8. The quantitative estimate of drug-likeness (QED) is 0.793. The van der Waals surface area contributed by atoms with Crippen molar-refractivity contribution in [2.24, 2.45) is 11.8 Å². The molecular formula is C23H27ClN4O2. The fourth-order valence-electron chi connectivity index (χ4n) is 5.11. The second-order valence-electron chi connectivity index (χ2n) is 8.28. The first kappa shape index (κ1) is 20.7. The summed E-state index contributed by atoms with van der Waals surface area (Å²) in [5, 5.41) is 6.33. The van der Waals surface area contributed by atoms with Crippen LogP contribution in [0.4, 0.5) is 10.5 Å². The van der Waals surface area contributed by atoms with Crippen LogP contribution in [0.25, 0.3) is 0 Å². The number of nitrogens with zero attached hydrogens (tertiary/aromatic N) is 2. The summed E-state index contributed by atoms with van der Waals surface area (Å²) in [6.45, 7) is 5.92. The Bertz CT molecular complexity index is 951. The summed E-state index contributed by atoms with van der Waals surface area (Å²) in [6, 6.07) is 16.1. The Kier molecular flexibility index (Phi) is 5.71. The van der Waals surface area contributed by atoms with Gasteiger partial charge in [-0.15, -0.1) is 12.4 Å². The number of aryl methyl sites for hydroxylation is 1. The first-order valence-electron chi connectivity index (χ1n) is 10.4. The maximum absolute atomic E-state index is 13.6. The highest BCUT2D eigenvalue weighted by atomic mass is 35.5. The van der Waals surface area contributed by atoms with E-state index in [1.165, 1.54) is 5.56 Å². The number of urea groups is 1. The lowest BCUT2D eigenvalue weighted by atomic mass is 9.89. The number of amides is 3. The van der Waals surface area contributed by atoms with Gasteiger partial charge in [0.1, 0.15) is 0 Å². The van der Waals surface area contributed by atoms with Gasteiger partial charge in [0.15, 0.2) is 0 Å². The Morgan fingerprint density at radius 2 is 1.90 bits per heavy atom. The molecule has 3 heterocycles. The molecule has 3 atom stereocenters. The summed E-state index contributed by atoms with van der Waals surface area (Å²) >= 11 is 0. The largest absolute Gasteiger partial charge is 0.336 e. The first-order valence-corrected chi connectivity index (χ1v) is 10.4. The van der Waals surface area contributed by atoms with E-state index in [0.717, 1.165) is 30.9 Å². The van der Waals surface area contributed by atoms with Gasteiger partial charge in [0, 0.05) is 49.9 Å². The minimum atomic E-state index is -0.0957. The lowest BCUT2D eigenvalue weighted by Gasteiger charge is -2.29. The molecule has 0 aliphatic carbocycles. The number of fused-ring (bicyclic) bond motifs is 1. The molecule has 7 heteroatoms. The highest BCUT2D eigenvalue weighted by molar-refractivity contribution is 5.99. The number of nitrogens with one attached hydrogen (secondary N) is 2. The monoisotopic (exact) mass is 426 g/mol. The normalized spacial score (nSPS) is 25.1. The van der Waals surface area contributed by atoms with E-state index in [0.29, 0.717) is 30.5 Å². The topological polar surface area (TPSA) is 64.7 Å². The van der Waals surface area contributed by atoms with E-state index < -0.39 is 0 Å². The van der Waals surface area contributed by atoms with E-state index in [1.807, 2.05) is 48.2 Å². The zero-order valence-electron chi connectivity index (χ0n) is 17.0. The predicted molar refractivity (Wildman–Crippen MR) is 119 cm³/mol. The molecule has 2 N–H and O–H groups in total. The molecule has 3 saturated heterocycles. The van der Waals surface area contributed by atoms with Crippen molar-refractivity contribution < 1.29 is 9.59 Å². The van der Waals surface area contributed by atoms with E-state index in [1.54, 1.807) is 4.90 Å². The van der Waals surface area contributed by atoms with Crippen LogP contribution in [-0.4, -0.2) is 49.6 Å². The van der Waals surface area contributed by atoms with Gasteiger partial charge in [-0.2, -0.15) is 0 Å². The Balaban J connectivity index is 0.00000218. The number of halogens is 1. The molecule has 6 nitrogen and oxygen atoms in total. The molecule has 3 aliphatic heterocycles.